The molecule has 1 aromatic carbocycles. The molecule has 1 N–H and O–H groups in total. The summed E-state index contributed by atoms with van der Waals surface area (Å²) >= 11 is 0. The summed E-state index contributed by atoms with van der Waals surface area (Å²) in [6.07, 6.45) is 2.58. The fourth-order valence-electron chi connectivity index (χ4n) is 1.88. The van der Waals surface area contributed by atoms with E-state index in [-0.39, 0.29) is 0 Å². The summed E-state index contributed by atoms with van der Waals surface area (Å²) in [5.41, 5.74) is 4.57. The fraction of sp³-hybridized carbons (Fsp3) is 0.286. The average Bonchev–Trinajstić information content (AvgIpc) is 2.28. The molecule has 1 aromatic heterocycles. The molecule has 0 saturated carbocycles. The van der Waals surface area contributed by atoms with Crippen molar-refractivity contribution in [1.29, 1.82) is 0 Å². The zero-order chi connectivity index (χ0) is 12.4. The predicted molar refractivity (Wildman–Crippen MR) is 66.7 cm³/mol. The quantitative estimate of drug-likeness (QED) is 0.859. The van der Waals surface area contributed by atoms with E-state index in [2.05, 4.69) is 16.0 Å². The van der Waals surface area contributed by atoms with Crippen molar-refractivity contribution < 1.29 is 5.11 Å². The van der Waals surface area contributed by atoms with E-state index in [1.807, 2.05) is 32.9 Å². The molecule has 0 fully saturated rings. The van der Waals surface area contributed by atoms with Crippen molar-refractivity contribution in [3.63, 3.8) is 0 Å². The Morgan fingerprint density at radius 3 is 2.12 bits per heavy atom. The first kappa shape index (κ1) is 11.7. The van der Waals surface area contributed by atoms with Gasteiger partial charge in [-0.05, 0) is 26.3 Å². The van der Waals surface area contributed by atoms with Gasteiger partial charge < -0.3 is 5.11 Å². The maximum absolute atomic E-state index is 10.2. The minimum Gasteiger partial charge on any atom is -0.382 e. The predicted octanol–water partition coefficient (Wildman–Crippen LogP) is 2.48. The molecule has 88 valence electrons. The Bertz CT molecular complexity index is 500. The average molecular weight is 228 g/mol. The second-order valence-electron chi connectivity index (χ2n) is 4.41. The third-order valence-electron chi connectivity index (χ3n) is 2.64. The molecule has 0 aliphatic heterocycles. The maximum Gasteiger partial charge on any atom is 0.123 e. The molecule has 1 atom stereocenters. The number of hydrogen-bond donors (Lipinski definition) is 1. The van der Waals surface area contributed by atoms with Gasteiger partial charge in [-0.25, -0.2) is 0 Å². The van der Waals surface area contributed by atoms with Gasteiger partial charge in [-0.3, -0.25) is 9.97 Å². The van der Waals surface area contributed by atoms with Gasteiger partial charge in [-0.15, -0.1) is 0 Å². The number of nitrogens with zero attached hydrogens (tertiary/aromatic N) is 2. The van der Waals surface area contributed by atoms with Crippen molar-refractivity contribution in [2.24, 2.45) is 0 Å². The molecule has 0 saturated heterocycles. The smallest absolute Gasteiger partial charge is 0.123 e. The number of hydrogen-bond acceptors (Lipinski definition) is 3. The summed E-state index contributed by atoms with van der Waals surface area (Å²) in [6.45, 7) is 5.91. The summed E-state index contributed by atoms with van der Waals surface area (Å²) in [7, 11) is 0. The van der Waals surface area contributed by atoms with E-state index in [0.29, 0.717) is 5.69 Å². The van der Waals surface area contributed by atoms with E-state index < -0.39 is 6.10 Å². The Balaban J connectivity index is 2.36. The van der Waals surface area contributed by atoms with E-state index in [0.717, 1.165) is 22.4 Å². The zero-order valence-corrected chi connectivity index (χ0v) is 10.3. The highest BCUT2D eigenvalue weighted by Gasteiger charge is 2.12. The number of benzene rings is 1. The van der Waals surface area contributed by atoms with Crippen LogP contribution in [0.3, 0.4) is 0 Å². The largest absolute Gasteiger partial charge is 0.382 e. The summed E-state index contributed by atoms with van der Waals surface area (Å²) in [5.74, 6) is 0. The van der Waals surface area contributed by atoms with Crippen molar-refractivity contribution in [1.82, 2.24) is 9.97 Å². The Morgan fingerprint density at radius 1 is 0.941 bits per heavy atom. The first-order chi connectivity index (χ1) is 8.06. The van der Waals surface area contributed by atoms with Gasteiger partial charge >= 0.3 is 0 Å². The number of rotatable bonds is 2. The van der Waals surface area contributed by atoms with Crippen LogP contribution in [0.5, 0.6) is 0 Å². The SMILES string of the molecule is Cc1cc(C)cc(C(O)c2cnc(C)cn2)c1. The molecule has 0 amide bonds. The fourth-order valence-corrected chi connectivity index (χ4v) is 1.88. The van der Waals surface area contributed by atoms with Crippen LogP contribution in [0.1, 0.15) is 34.2 Å². The molecule has 0 spiro atoms. The van der Waals surface area contributed by atoms with Gasteiger partial charge in [0.15, 0.2) is 0 Å². The lowest BCUT2D eigenvalue weighted by molar-refractivity contribution is 0.214. The lowest BCUT2D eigenvalue weighted by atomic mass is 10.0. The number of aromatic nitrogens is 2. The molecule has 0 radical (unpaired) electrons. The second-order valence-corrected chi connectivity index (χ2v) is 4.41. The van der Waals surface area contributed by atoms with Gasteiger partial charge in [-0.1, -0.05) is 29.3 Å². The minimum atomic E-state index is -0.707. The summed E-state index contributed by atoms with van der Waals surface area (Å²) in [4.78, 5) is 8.35. The van der Waals surface area contributed by atoms with Gasteiger partial charge in [0.05, 0.1) is 17.6 Å². The van der Waals surface area contributed by atoms with Crippen molar-refractivity contribution in [2.75, 3.05) is 0 Å². The Labute approximate surface area is 101 Å². The van der Waals surface area contributed by atoms with Gasteiger partial charge in [0.2, 0.25) is 0 Å². The molecule has 2 aromatic rings. The Morgan fingerprint density at radius 2 is 1.59 bits per heavy atom. The zero-order valence-electron chi connectivity index (χ0n) is 10.3. The normalized spacial score (nSPS) is 12.5. The molecule has 1 unspecified atom stereocenters. The highest BCUT2D eigenvalue weighted by Crippen LogP contribution is 2.21. The van der Waals surface area contributed by atoms with E-state index in [9.17, 15) is 5.11 Å². The lowest BCUT2D eigenvalue weighted by Crippen LogP contribution is -2.04. The van der Waals surface area contributed by atoms with E-state index >= 15 is 0 Å². The molecule has 0 aliphatic carbocycles. The second kappa shape index (κ2) is 4.63. The van der Waals surface area contributed by atoms with Crippen molar-refractivity contribution in [2.45, 2.75) is 26.9 Å². The summed E-state index contributed by atoms with van der Waals surface area (Å²) < 4.78 is 0. The topological polar surface area (TPSA) is 46.0 Å². The van der Waals surface area contributed by atoms with Gasteiger partial charge in [0, 0.05) is 6.20 Å². The van der Waals surface area contributed by atoms with E-state index in [1.165, 1.54) is 0 Å². The van der Waals surface area contributed by atoms with E-state index in [1.54, 1.807) is 12.4 Å². The van der Waals surface area contributed by atoms with Crippen LogP contribution in [0.15, 0.2) is 30.6 Å². The third-order valence-corrected chi connectivity index (χ3v) is 2.64. The van der Waals surface area contributed by atoms with Crippen LogP contribution < -0.4 is 0 Å². The Kier molecular flexibility index (Phi) is 3.20. The minimum absolute atomic E-state index is 0.584. The molecule has 3 heteroatoms. The molecule has 3 nitrogen and oxygen atoms in total. The number of aryl methyl sites for hydroxylation is 3. The van der Waals surface area contributed by atoms with E-state index in [4.69, 9.17) is 0 Å². The summed E-state index contributed by atoms with van der Waals surface area (Å²) in [5, 5.41) is 10.2. The number of aliphatic hydroxyl groups excluding tert-OH is 1. The van der Waals surface area contributed by atoms with Crippen molar-refractivity contribution >= 4 is 0 Å². The molecule has 1 heterocycles. The maximum atomic E-state index is 10.2. The number of aliphatic hydroxyl groups is 1. The monoisotopic (exact) mass is 228 g/mol. The highest BCUT2D eigenvalue weighted by atomic mass is 16.3. The molecular weight excluding hydrogens is 212 g/mol. The van der Waals surface area contributed by atoms with Crippen molar-refractivity contribution in [3.05, 3.63) is 58.7 Å². The molecule has 17 heavy (non-hydrogen) atoms. The van der Waals surface area contributed by atoms with Crippen LogP contribution in [-0.2, 0) is 0 Å². The van der Waals surface area contributed by atoms with Crippen LogP contribution in [0, 0.1) is 20.8 Å². The van der Waals surface area contributed by atoms with Gasteiger partial charge in [-0.2, -0.15) is 0 Å². The van der Waals surface area contributed by atoms with Gasteiger partial charge in [0.25, 0.3) is 0 Å². The third kappa shape index (κ3) is 2.68. The van der Waals surface area contributed by atoms with Crippen LogP contribution >= 0.6 is 0 Å². The van der Waals surface area contributed by atoms with Crippen molar-refractivity contribution in [3.8, 4) is 0 Å². The molecule has 2 rings (SSSR count). The van der Waals surface area contributed by atoms with Gasteiger partial charge in [0.1, 0.15) is 6.10 Å². The standard InChI is InChI=1S/C14H16N2O/c1-9-4-10(2)6-12(5-9)14(17)13-8-15-11(3)7-16-13/h4-8,14,17H,1-3H3. The van der Waals surface area contributed by atoms with Crippen LogP contribution in [0.2, 0.25) is 0 Å². The highest BCUT2D eigenvalue weighted by molar-refractivity contribution is 5.33. The van der Waals surface area contributed by atoms with Crippen LogP contribution in [0.25, 0.3) is 0 Å². The molecule has 0 bridgehead atoms. The summed E-state index contributed by atoms with van der Waals surface area (Å²) in [6, 6.07) is 6.02. The first-order valence-corrected chi connectivity index (χ1v) is 5.61. The first-order valence-electron chi connectivity index (χ1n) is 5.61. The molecular formula is C14H16N2O. The lowest BCUT2D eigenvalue weighted by Gasteiger charge is -2.12. The van der Waals surface area contributed by atoms with Crippen LogP contribution in [-0.4, -0.2) is 15.1 Å². The molecule has 0 aliphatic rings. The van der Waals surface area contributed by atoms with Crippen LogP contribution in [0.4, 0.5) is 0 Å². The Hall–Kier alpha value is -1.74.